The van der Waals surface area contributed by atoms with Crippen LogP contribution in [0.15, 0.2) is 55.0 Å². The van der Waals surface area contributed by atoms with Crippen molar-refractivity contribution < 1.29 is 13.2 Å². The van der Waals surface area contributed by atoms with Crippen molar-refractivity contribution in [2.45, 2.75) is 13.8 Å². The van der Waals surface area contributed by atoms with Gasteiger partial charge in [-0.25, -0.2) is 17.4 Å². The van der Waals surface area contributed by atoms with E-state index in [0.717, 1.165) is 28.5 Å². The number of anilines is 2. The molecule has 9 heteroatoms. The predicted octanol–water partition coefficient (Wildman–Crippen LogP) is 3.37. The molecular formula is C22H21N5O3S. The number of hydrogen-bond donors (Lipinski definition) is 2. The van der Waals surface area contributed by atoms with Crippen molar-refractivity contribution in [1.82, 2.24) is 13.9 Å². The van der Waals surface area contributed by atoms with Gasteiger partial charge in [0.2, 0.25) is 15.9 Å². The number of pyridine rings is 2. The fourth-order valence-corrected chi connectivity index (χ4v) is 4.31. The molecule has 4 aromatic rings. The minimum atomic E-state index is -3.42. The van der Waals surface area contributed by atoms with Crippen molar-refractivity contribution in [3.63, 3.8) is 0 Å². The normalized spacial score (nSPS) is 11.6. The first-order valence-electron chi connectivity index (χ1n) is 9.46. The summed E-state index contributed by atoms with van der Waals surface area (Å²) in [6.07, 6.45) is 5.99. The van der Waals surface area contributed by atoms with Gasteiger partial charge in [0.15, 0.2) is 0 Å². The molecule has 0 radical (unpaired) electrons. The van der Waals surface area contributed by atoms with Crippen LogP contribution in [0, 0.1) is 13.8 Å². The van der Waals surface area contributed by atoms with E-state index in [-0.39, 0.29) is 0 Å². The van der Waals surface area contributed by atoms with Crippen LogP contribution in [-0.4, -0.2) is 34.5 Å². The Labute approximate surface area is 179 Å². The van der Waals surface area contributed by atoms with Gasteiger partial charge >= 0.3 is 0 Å². The number of carbonyl (C=O) groups excluding carboxylic acids is 1. The van der Waals surface area contributed by atoms with Crippen LogP contribution >= 0.6 is 0 Å². The summed E-state index contributed by atoms with van der Waals surface area (Å²) in [5.74, 6) is 0.142. The third-order valence-corrected chi connectivity index (χ3v) is 6.29. The van der Waals surface area contributed by atoms with E-state index in [1.165, 1.54) is 10.2 Å². The predicted molar refractivity (Wildman–Crippen MR) is 121 cm³/mol. The lowest BCUT2D eigenvalue weighted by Crippen LogP contribution is -2.13. The van der Waals surface area contributed by atoms with Crippen LogP contribution in [0.4, 0.5) is 11.5 Å². The fourth-order valence-electron chi connectivity index (χ4n) is 3.52. The number of nitrogens with zero attached hydrogens (tertiary/aromatic N) is 3. The van der Waals surface area contributed by atoms with Crippen LogP contribution < -0.4 is 11.1 Å². The number of primary amides is 1. The molecule has 8 nitrogen and oxygen atoms in total. The van der Waals surface area contributed by atoms with Crippen LogP contribution in [0.25, 0.3) is 22.2 Å². The first-order valence-corrected chi connectivity index (χ1v) is 11.3. The summed E-state index contributed by atoms with van der Waals surface area (Å²) in [6, 6.07) is 10.7. The SMILES string of the molecule is Cc1c(C(N)=O)ccc(-c2ccc(Nc3cnc4ccn(S(C)(=O)=O)c4c3)nc2)c1C. The molecule has 1 amide bonds. The fraction of sp³-hybridized carbons (Fsp3) is 0.136. The number of nitrogens with one attached hydrogen (secondary N) is 1. The van der Waals surface area contributed by atoms with Gasteiger partial charge in [-0.3, -0.25) is 9.78 Å². The number of amides is 1. The minimum absolute atomic E-state index is 0.447. The van der Waals surface area contributed by atoms with Crippen LogP contribution in [-0.2, 0) is 10.0 Å². The second-order valence-electron chi connectivity index (χ2n) is 7.33. The average molecular weight is 436 g/mol. The molecule has 0 bridgehead atoms. The second kappa shape index (κ2) is 7.51. The lowest BCUT2D eigenvalue weighted by atomic mass is 9.94. The van der Waals surface area contributed by atoms with Crippen molar-refractivity contribution in [1.29, 1.82) is 0 Å². The molecule has 0 aliphatic heterocycles. The highest BCUT2D eigenvalue weighted by atomic mass is 32.2. The Balaban J connectivity index is 1.63. The number of hydrogen-bond acceptors (Lipinski definition) is 6. The van der Waals surface area contributed by atoms with Gasteiger partial charge in [-0.15, -0.1) is 0 Å². The molecule has 0 saturated heterocycles. The molecule has 0 saturated carbocycles. The summed E-state index contributed by atoms with van der Waals surface area (Å²) in [5, 5.41) is 3.15. The standard InChI is InChI=1S/C22H21N5O3S/c1-13-14(2)18(22(23)28)6-5-17(13)15-4-7-21(25-11-15)26-16-10-20-19(24-12-16)8-9-27(20)31(3,29)30/h4-12H,1-3H3,(H2,23,28)(H,25,26). The molecule has 0 unspecified atom stereocenters. The lowest BCUT2D eigenvalue weighted by Gasteiger charge is -2.12. The van der Waals surface area contributed by atoms with Gasteiger partial charge < -0.3 is 11.1 Å². The van der Waals surface area contributed by atoms with Crippen LogP contribution in [0.5, 0.6) is 0 Å². The van der Waals surface area contributed by atoms with Gasteiger partial charge in [0.25, 0.3) is 0 Å². The van der Waals surface area contributed by atoms with Gasteiger partial charge in [0, 0.05) is 23.5 Å². The molecule has 3 heterocycles. The first-order chi connectivity index (χ1) is 14.6. The second-order valence-corrected chi connectivity index (χ2v) is 9.19. The topological polar surface area (TPSA) is 120 Å². The summed E-state index contributed by atoms with van der Waals surface area (Å²) in [5.41, 5.74) is 11.3. The first kappa shape index (κ1) is 20.5. The summed E-state index contributed by atoms with van der Waals surface area (Å²) in [6.45, 7) is 3.82. The van der Waals surface area contributed by atoms with E-state index in [1.807, 2.05) is 32.0 Å². The highest BCUT2D eigenvalue weighted by molar-refractivity contribution is 7.89. The molecule has 0 aliphatic carbocycles. The Hall–Kier alpha value is -3.72. The monoisotopic (exact) mass is 435 g/mol. The molecule has 0 fully saturated rings. The summed E-state index contributed by atoms with van der Waals surface area (Å²) in [4.78, 5) is 20.3. The van der Waals surface area contributed by atoms with Crippen LogP contribution in [0.1, 0.15) is 21.5 Å². The zero-order valence-corrected chi connectivity index (χ0v) is 18.1. The molecule has 0 aliphatic rings. The van der Waals surface area contributed by atoms with Crippen LogP contribution in [0.2, 0.25) is 0 Å². The number of rotatable bonds is 5. The maximum atomic E-state index is 11.9. The molecular weight excluding hydrogens is 414 g/mol. The van der Waals surface area contributed by atoms with Gasteiger partial charge in [-0.05, 0) is 60.9 Å². The molecule has 31 heavy (non-hydrogen) atoms. The Morgan fingerprint density at radius 3 is 2.45 bits per heavy atom. The summed E-state index contributed by atoms with van der Waals surface area (Å²) < 4.78 is 25.1. The van der Waals surface area contributed by atoms with E-state index < -0.39 is 15.9 Å². The molecule has 4 rings (SSSR count). The largest absolute Gasteiger partial charge is 0.366 e. The zero-order valence-electron chi connectivity index (χ0n) is 17.2. The summed E-state index contributed by atoms with van der Waals surface area (Å²) >= 11 is 0. The van der Waals surface area contributed by atoms with Crippen molar-refractivity contribution >= 4 is 38.5 Å². The van der Waals surface area contributed by atoms with E-state index in [4.69, 9.17) is 5.73 Å². The quantitative estimate of drug-likeness (QED) is 0.496. The van der Waals surface area contributed by atoms with E-state index >= 15 is 0 Å². The number of carbonyl (C=O) groups is 1. The van der Waals surface area contributed by atoms with Gasteiger partial charge in [0.1, 0.15) is 5.82 Å². The molecule has 0 atom stereocenters. The Kier molecular flexibility index (Phi) is 4.98. The molecule has 1 aromatic carbocycles. The minimum Gasteiger partial charge on any atom is -0.366 e. The number of fused-ring (bicyclic) bond motifs is 1. The Morgan fingerprint density at radius 1 is 1.03 bits per heavy atom. The van der Waals surface area contributed by atoms with Crippen molar-refractivity contribution in [2.75, 3.05) is 11.6 Å². The van der Waals surface area contributed by atoms with Crippen molar-refractivity contribution in [3.05, 3.63) is 71.7 Å². The van der Waals surface area contributed by atoms with Gasteiger partial charge in [0.05, 0.1) is 29.2 Å². The zero-order chi connectivity index (χ0) is 22.3. The van der Waals surface area contributed by atoms with Crippen molar-refractivity contribution in [3.8, 4) is 11.1 Å². The lowest BCUT2D eigenvalue weighted by molar-refractivity contribution is 0.0999. The highest BCUT2D eigenvalue weighted by Crippen LogP contribution is 2.28. The van der Waals surface area contributed by atoms with Gasteiger partial charge in [-0.1, -0.05) is 6.07 Å². The molecule has 158 valence electrons. The molecule has 3 aromatic heterocycles. The number of benzene rings is 1. The smallest absolute Gasteiger partial charge is 0.248 e. The van der Waals surface area contributed by atoms with E-state index in [1.54, 1.807) is 30.6 Å². The van der Waals surface area contributed by atoms with Crippen LogP contribution in [0.3, 0.4) is 0 Å². The van der Waals surface area contributed by atoms with Crippen molar-refractivity contribution in [2.24, 2.45) is 5.73 Å². The van der Waals surface area contributed by atoms with E-state index in [2.05, 4.69) is 15.3 Å². The number of aromatic nitrogens is 3. The number of nitrogens with two attached hydrogens (primary N) is 1. The average Bonchev–Trinajstić information content (AvgIpc) is 3.14. The maximum Gasteiger partial charge on any atom is 0.248 e. The highest BCUT2D eigenvalue weighted by Gasteiger charge is 2.13. The Morgan fingerprint density at radius 2 is 1.81 bits per heavy atom. The summed E-state index contributed by atoms with van der Waals surface area (Å²) in [7, 11) is -3.42. The maximum absolute atomic E-state index is 11.9. The van der Waals surface area contributed by atoms with Gasteiger partial charge in [-0.2, -0.15) is 0 Å². The molecule has 0 spiro atoms. The Bertz CT molecular complexity index is 1420. The third kappa shape index (κ3) is 3.87. The third-order valence-electron chi connectivity index (χ3n) is 5.26. The molecule has 3 N–H and O–H groups in total. The van der Waals surface area contributed by atoms with E-state index in [0.29, 0.717) is 28.1 Å². The van der Waals surface area contributed by atoms with E-state index in [9.17, 15) is 13.2 Å².